The normalized spacial score (nSPS) is 11.2. The Morgan fingerprint density at radius 3 is 2.64 bits per heavy atom. The molecule has 0 bridgehead atoms. The number of nitrogens with zero attached hydrogens (tertiary/aromatic N) is 5. The predicted octanol–water partition coefficient (Wildman–Crippen LogP) is 4.50. The maximum atomic E-state index is 12.6. The van der Waals surface area contributed by atoms with Crippen LogP contribution in [0.15, 0.2) is 85.1 Å². The maximum absolute atomic E-state index is 12.6. The van der Waals surface area contributed by atoms with Crippen molar-refractivity contribution in [2.75, 3.05) is 6.54 Å². The minimum Gasteiger partial charge on any atom is -0.351 e. The number of para-hydroxylation sites is 1. The van der Waals surface area contributed by atoms with Gasteiger partial charge in [0.05, 0.1) is 17.7 Å². The van der Waals surface area contributed by atoms with Crippen molar-refractivity contribution in [3.05, 3.63) is 95.7 Å². The third-order valence-electron chi connectivity index (χ3n) is 4.98. The van der Waals surface area contributed by atoms with E-state index in [-0.39, 0.29) is 5.57 Å². The van der Waals surface area contributed by atoms with E-state index in [1.807, 2.05) is 65.5 Å². The summed E-state index contributed by atoms with van der Waals surface area (Å²) in [5, 5.41) is 17.8. The van der Waals surface area contributed by atoms with Crippen LogP contribution in [0, 0.1) is 11.3 Å². The van der Waals surface area contributed by atoms with Crippen LogP contribution in [0.1, 0.15) is 12.0 Å². The molecular formula is C25H21ClN6O. The summed E-state index contributed by atoms with van der Waals surface area (Å²) in [4.78, 5) is 16.6. The maximum Gasteiger partial charge on any atom is 0.261 e. The average molecular weight is 457 g/mol. The summed E-state index contributed by atoms with van der Waals surface area (Å²) in [6, 6.07) is 18.9. The molecule has 8 heteroatoms. The monoisotopic (exact) mass is 456 g/mol. The van der Waals surface area contributed by atoms with Crippen molar-refractivity contribution in [3.63, 3.8) is 0 Å². The molecule has 4 rings (SSSR count). The topological polar surface area (TPSA) is 88.5 Å². The number of nitriles is 1. The Hall–Kier alpha value is -4.15. The van der Waals surface area contributed by atoms with Crippen LogP contribution in [-0.2, 0) is 11.3 Å². The van der Waals surface area contributed by atoms with Gasteiger partial charge in [0.2, 0.25) is 0 Å². The van der Waals surface area contributed by atoms with Gasteiger partial charge in [-0.1, -0.05) is 41.9 Å². The molecule has 0 atom stereocenters. The number of rotatable bonds is 8. The van der Waals surface area contributed by atoms with E-state index in [9.17, 15) is 10.1 Å². The van der Waals surface area contributed by atoms with E-state index in [0.717, 1.165) is 24.2 Å². The highest BCUT2D eigenvalue weighted by Gasteiger charge is 2.15. The lowest BCUT2D eigenvalue weighted by Gasteiger charge is -2.05. The first-order valence-corrected chi connectivity index (χ1v) is 10.8. The molecule has 0 aliphatic heterocycles. The van der Waals surface area contributed by atoms with E-state index in [1.54, 1.807) is 35.4 Å². The summed E-state index contributed by atoms with van der Waals surface area (Å²) < 4.78 is 3.66. The molecule has 0 saturated heterocycles. The fourth-order valence-electron chi connectivity index (χ4n) is 3.32. The van der Waals surface area contributed by atoms with Crippen LogP contribution in [-0.4, -0.2) is 31.8 Å². The van der Waals surface area contributed by atoms with Crippen molar-refractivity contribution in [1.82, 2.24) is 24.6 Å². The number of carbonyl (C=O) groups is 1. The molecule has 2 aromatic heterocycles. The van der Waals surface area contributed by atoms with Crippen molar-refractivity contribution >= 4 is 23.6 Å². The highest BCUT2D eigenvalue weighted by Crippen LogP contribution is 2.27. The van der Waals surface area contributed by atoms with Gasteiger partial charge in [-0.05, 0) is 36.8 Å². The van der Waals surface area contributed by atoms with Crippen LogP contribution in [0.2, 0.25) is 5.02 Å². The lowest BCUT2D eigenvalue weighted by molar-refractivity contribution is -0.117. The Kier molecular flexibility index (Phi) is 6.98. The minimum atomic E-state index is -0.419. The second kappa shape index (κ2) is 10.4. The fourth-order valence-corrected chi connectivity index (χ4v) is 3.45. The van der Waals surface area contributed by atoms with Crippen LogP contribution in [0.3, 0.4) is 0 Å². The molecule has 33 heavy (non-hydrogen) atoms. The summed E-state index contributed by atoms with van der Waals surface area (Å²) in [6.45, 7) is 1.18. The molecule has 164 valence electrons. The van der Waals surface area contributed by atoms with Crippen LogP contribution in [0.5, 0.6) is 0 Å². The zero-order chi connectivity index (χ0) is 23.0. The molecule has 2 heterocycles. The van der Waals surface area contributed by atoms with Gasteiger partial charge in [-0.15, -0.1) is 0 Å². The van der Waals surface area contributed by atoms with Crippen molar-refractivity contribution in [1.29, 1.82) is 5.26 Å². The van der Waals surface area contributed by atoms with Crippen LogP contribution in [0.25, 0.3) is 23.0 Å². The Morgan fingerprint density at radius 1 is 1.15 bits per heavy atom. The van der Waals surface area contributed by atoms with Gasteiger partial charge >= 0.3 is 0 Å². The number of imidazole rings is 1. The van der Waals surface area contributed by atoms with Crippen molar-refractivity contribution in [2.45, 2.75) is 13.0 Å². The SMILES string of the molecule is N#C/C(=C\c1cn(-c2ccccc2)nc1-c1ccc(Cl)cc1)C(=O)NCCCn1ccnc1. The lowest BCUT2D eigenvalue weighted by atomic mass is 10.1. The predicted molar refractivity (Wildman–Crippen MR) is 127 cm³/mol. The summed E-state index contributed by atoms with van der Waals surface area (Å²) in [6.07, 6.45) is 9.41. The van der Waals surface area contributed by atoms with Crippen molar-refractivity contribution in [2.24, 2.45) is 0 Å². The molecule has 0 saturated carbocycles. The largest absolute Gasteiger partial charge is 0.351 e. The molecular weight excluding hydrogens is 436 g/mol. The first kappa shape index (κ1) is 22.1. The molecule has 1 N–H and O–H groups in total. The molecule has 0 spiro atoms. The van der Waals surface area contributed by atoms with Gasteiger partial charge in [-0.2, -0.15) is 10.4 Å². The molecule has 4 aromatic rings. The molecule has 0 fully saturated rings. The number of carbonyl (C=O) groups excluding carboxylic acids is 1. The van der Waals surface area contributed by atoms with Gasteiger partial charge < -0.3 is 9.88 Å². The number of halogens is 1. The lowest BCUT2D eigenvalue weighted by Crippen LogP contribution is -2.26. The van der Waals surface area contributed by atoms with Crippen LogP contribution >= 0.6 is 11.6 Å². The Balaban J connectivity index is 1.58. The van der Waals surface area contributed by atoms with Gasteiger partial charge in [0.25, 0.3) is 5.91 Å². The van der Waals surface area contributed by atoms with E-state index in [1.165, 1.54) is 0 Å². The van der Waals surface area contributed by atoms with E-state index in [2.05, 4.69) is 10.3 Å². The van der Waals surface area contributed by atoms with E-state index in [0.29, 0.717) is 22.8 Å². The molecule has 0 aliphatic carbocycles. The fraction of sp³-hybridized carbons (Fsp3) is 0.120. The number of benzene rings is 2. The summed E-state index contributed by atoms with van der Waals surface area (Å²) in [5.74, 6) is -0.419. The molecule has 1 amide bonds. The molecule has 2 aromatic carbocycles. The molecule has 0 unspecified atom stereocenters. The van der Waals surface area contributed by atoms with Gasteiger partial charge in [0.15, 0.2) is 0 Å². The molecule has 7 nitrogen and oxygen atoms in total. The van der Waals surface area contributed by atoms with E-state index < -0.39 is 5.91 Å². The summed E-state index contributed by atoms with van der Waals surface area (Å²) in [5.41, 5.74) is 3.02. The molecule has 0 radical (unpaired) electrons. The molecule has 0 aliphatic rings. The standard InChI is InChI=1S/C25H21ClN6O/c26-22-9-7-19(8-10-22)24-21(17-32(30-24)23-5-2-1-3-6-23)15-20(16-27)25(33)29-11-4-13-31-14-12-28-18-31/h1-3,5-10,12,14-15,17-18H,4,11,13H2,(H,29,33)/b20-15+. The first-order chi connectivity index (χ1) is 16.1. The first-order valence-electron chi connectivity index (χ1n) is 10.4. The van der Waals surface area contributed by atoms with E-state index in [4.69, 9.17) is 16.7 Å². The second-order valence-corrected chi connectivity index (χ2v) is 7.74. The quantitative estimate of drug-likeness (QED) is 0.240. The van der Waals surface area contributed by atoms with Crippen molar-refractivity contribution in [3.8, 4) is 23.0 Å². The van der Waals surface area contributed by atoms with E-state index >= 15 is 0 Å². The summed E-state index contributed by atoms with van der Waals surface area (Å²) >= 11 is 6.04. The van der Waals surface area contributed by atoms with Gasteiger partial charge in [0.1, 0.15) is 11.6 Å². The number of hydrogen-bond donors (Lipinski definition) is 1. The Morgan fingerprint density at radius 2 is 1.94 bits per heavy atom. The minimum absolute atomic E-state index is 0.0143. The highest BCUT2D eigenvalue weighted by molar-refractivity contribution is 6.30. The van der Waals surface area contributed by atoms with Crippen LogP contribution in [0.4, 0.5) is 0 Å². The average Bonchev–Trinajstić information content (AvgIpc) is 3.51. The number of nitrogens with one attached hydrogen (secondary N) is 1. The number of aryl methyl sites for hydroxylation is 1. The zero-order valence-corrected chi connectivity index (χ0v) is 18.5. The second-order valence-electron chi connectivity index (χ2n) is 7.30. The Bertz CT molecular complexity index is 1290. The number of hydrogen-bond acceptors (Lipinski definition) is 4. The zero-order valence-electron chi connectivity index (χ0n) is 17.7. The van der Waals surface area contributed by atoms with Gasteiger partial charge in [0, 0.05) is 47.8 Å². The Labute approximate surface area is 196 Å². The number of amides is 1. The number of aromatic nitrogens is 4. The van der Waals surface area contributed by atoms with Crippen LogP contribution < -0.4 is 5.32 Å². The van der Waals surface area contributed by atoms with Crippen molar-refractivity contribution < 1.29 is 4.79 Å². The highest BCUT2D eigenvalue weighted by atomic mass is 35.5. The third kappa shape index (κ3) is 5.56. The smallest absolute Gasteiger partial charge is 0.261 e. The summed E-state index contributed by atoms with van der Waals surface area (Å²) in [7, 11) is 0. The third-order valence-corrected chi connectivity index (χ3v) is 5.24. The van der Waals surface area contributed by atoms with Gasteiger partial charge in [-0.3, -0.25) is 4.79 Å². The van der Waals surface area contributed by atoms with Gasteiger partial charge in [-0.25, -0.2) is 9.67 Å².